The second-order valence-corrected chi connectivity index (χ2v) is 11.8. The number of halogens is 2. The number of hydrogen-bond donors (Lipinski definition) is 1. The third-order valence-electron chi connectivity index (χ3n) is 7.75. The van der Waals surface area contributed by atoms with Crippen molar-refractivity contribution in [2.75, 3.05) is 57.3 Å². The van der Waals surface area contributed by atoms with Gasteiger partial charge in [0.1, 0.15) is 17.9 Å². The molecule has 1 amide bonds. The molecular weight excluding hydrogens is 575 g/mol. The van der Waals surface area contributed by atoms with Crippen LogP contribution >= 0.6 is 23.2 Å². The normalized spacial score (nSPS) is 16.8. The topological polar surface area (TPSA) is 90.9 Å². The second-order valence-electron chi connectivity index (χ2n) is 10.9. The van der Waals surface area contributed by atoms with E-state index in [0.717, 1.165) is 94.1 Å². The summed E-state index contributed by atoms with van der Waals surface area (Å²) in [7, 11) is 0. The molecule has 0 bridgehead atoms. The molecule has 2 aliphatic heterocycles. The summed E-state index contributed by atoms with van der Waals surface area (Å²) in [6, 6.07) is 13.3. The summed E-state index contributed by atoms with van der Waals surface area (Å²) in [5.41, 5.74) is 2.62. The first-order valence-corrected chi connectivity index (χ1v) is 15.1. The quantitative estimate of drug-likeness (QED) is 0.324. The van der Waals surface area contributed by atoms with Gasteiger partial charge in [0.15, 0.2) is 0 Å². The van der Waals surface area contributed by atoms with Crippen LogP contribution in [0.1, 0.15) is 25.3 Å². The summed E-state index contributed by atoms with van der Waals surface area (Å²) < 4.78 is 6.23. The van der Waals surface area contributed by atoms with Gasteiger partial charge in [-0.15, -0.1) is 0 Å². The average Bonchev–Trinajstić information content (AvgIpc) is 2.97. The van der Waals surface area contributed by atoms with E-state index in [4.69, 9.17) is 32.9 Å². The number of nitrogens with one attached hydrogen (secondary N) is 1. The Morgan fingerprint density at radius 1 is 1.00 bits per heavy atom. The molecule has 9 nitrogen and oxygen atoms in total. The van der Waals surface area contributed by atoms with Crippen molar-refractivity contribution in [2.24, 2.45) is 5.92 Å². The van der Waals surface area contributed by atoms with E-state index < -0.39 is 0 Å². The SMILES string of the molecule is CC(=O)NCC1CCN(Cc2cc(Oc3ccc(N4CCN(CC=O)CC4)nc3)nc(-c3cc(Cl)cc(Cl)c3)c2)CC1. The van der Waals surface area contributed by atoms with Crippen molar-refractivity contribution in [3.05, 3.63) is 64.3 Å². The molecule has 222 valence electrons. The molecule has 2 fully saturated rings. The smallest absolute Gasteiger partial charge is 0.220 e. The number of nitrogens with zero attached hydrogens (tertiary/aromatic N) is 5. The Bertz CT molecular complexity index is 1350. The zero-order valence-corrected chi connectivity index (χ0v) is 25.3. The third-order valence-corrected chi connectivity index (χ3v) is 8.18. The highest BCUT2D eigenvalue weighted by Crippen LogP contribution is 2.31. The highest BCUT2D eigenvalue weighted by atomic mass is 35.5. The largest absolute Gasteiger partial charge is 0.437 e. The molecular formula is C31H36Cl2N6O3. The van der Waals surface area contributed by atoms with Gasteiger partial charge < -0.3 is 19.7 Å². The molecule has 2 aromatic heterocycles. The number of piperidine rings is 1. The minimum atomic E-state index is 0.0224. The van der Waals surface area contributed by atoms with Crippen LogP contribution in [0, 0.1) is 5.92 Å². The van der Waals surface area contributed by atoms with Gasteiger partial charge in [-0.05, 0) is 73.8 Å². The van der Waals surface area contributed by atoms with Crippen LogP contribution in [0.25, 0.3) is 11.3 Å². The number of aromatic nitrogens is 2. The number of carbonyl (C=O) groups is 2. The number of aldehydes is 1. The highest BCUT2D eigenvalue weighted by Gasteiger charge is 2.21. The molecule has 0 atom stereocenters. The van der Waals surface area contributed by atoms with Crippen LogP contribution in [0.4, 0.5) is 5.82 Å². The molecule has 1 N–H and O–H groups in total. The molecule has 0 saturated carbocycles. The van der Waals surface area contributed by atoms with Crippen molar-refractivity contribution >= 4 is 41.2 Å². The lowest BCUT2D eigenvalue weighted by molar-refractivity contribution is -0.119. The zero-order chi connectivity index (χ0) is 29.5. The predicted molar refractivity (Wildman–Crippen MR) is 165 cm³/mol. The Balaban J connectivity index is 1.30. The third kappa shape index (κ3) is 8.41. The van der Waals surface area contributed by atoms with Gasteiger partial charge in [0.25, 0.3) is 0 Å². The fourth-order valence-electron chi connectivity index (χ4n) is 5.45. The van der Waals surface area contributed by atoms with Gasteiger partial charge in [-0.1, -0.05) is 23.2 Å². The maximum atomic E-state index is 11.3. The van der Waals surface area contributed by atoms with E-state index in [0.29, 0.717) is 34.1 Å². The van der Waals surface area contributed by atoms with Crippen molar-refractivity contribution in [3.63, 3.8) is 0 Å². The summed E-state index contributed by atoms with van der Waals surface area (Å²) in [5, 5.41) is 4.03. The molecule has 5 rings (SSSR count). The van der Waals surface area contributed by atoms with Gasteiger partial charge >= 0.3 is 0 Å². The van der Waals surface area contributed by atoms with Crippen LogP contribution in [0.2, 0.25) is 10.0 Å². The number of rotatable bonds is 10. The van der Waals surface area contributed by atoms with Gasteiger partial charge in [-0.3, -0.25) is 14.6 Å². The number of benzene rings is 1. The lowest BCUT2D eigenvalue weighted by atomic mass is 9.96. The van der Waals surface area contributed by atoms with Gasteiger partial charge in [0.05, 0.1) is 18.4 Å². The van der Waals surface area contributed by atoms with Crippen LogP contribution in [0.5, 0.6) is 11.6 Å². The molecule has 2 aliphatic rings. The average molecular weight is 612 g/mol. The number of amides is 1. The van der Waals surface area contributed by atoms with E-state index in [1.165, 1.54) is 0 Å². The maximum Gasteiger partial charge on any atom is 0.220 e. The minimum Gasteiger partial charge on any atom is -0.437 e. The van der Waals surface area contributed by atoms with E-state index in [-0.39, 0.29) is 5.91 Å². The van der Waals surface area contributed by atoms with Gasteiger partial charge in [0, 0.05) is 67.9 Å². The predicted octanol–water partition coefficient (Wildman–Crippen LogP) is 4.91. The molecule has 0 radical (unpaired) electrons. The van der Waals surface area contributed by atoms with Crippen molar-refractivity contribution in [1.82, 2.24) is 25.1 Å². The van der Waals surface area contributed by atoms with E-state index in [1.807, 2.05) is 30.3 Å². The van der Waals surface area contributed by atoms with Crippen LogP contribution in [0.15, 0.2) is 48.7 Å². The number of pyridine rings is 2. The molecule has 1 aromatic carbocycles. The highest BCUT2D eigenvalue weighted by molar-refractivity contribution is 6.35. The first-order chi connectivity index (χ1) is 20.3. The summed E-state index contributed by atoms with van der Waals surface area (Å²) >= 11 is 12.6. The molecule has 3 aromatic rings. The van der Waals surface area contributed by atoms with E-state index in [2.05, 4.69) is 31.1 Å². The molecule has 0 spiro atoms. The minimum absolute atomic E-state index is 0.0224. The summed E-state index contributed by atoms with van der Waals surface area (Å²) in [5.74, 6) is 2.47. The van der Waals surface area contributed by atoms with Gasteiger partial charge in [0.2, 0.25) is 11.8 Å². The number of carbonyl (C=O) groups excluding carboxylic acids is 2. The molecule has 2 saturated heterocycles. The first kappa shape index (κ1) is 30.2. The van der Waals surface area contributed by atoms with E-state index in [1.54, 1.807) is 19.2 Å². The van der Waals surface area contributed by atoms with Crippen molar-refractivity contribution in [2.45, 2.75) is 26.3 Å². The molecule has 0 unspecified atom stereocenters. The van der Waals surface area contributed by atoms with Crippen LogP contribution in [-0.4, -0.2) is 84.3 Å². The van der Waals surface area contributed by atoms with Crippen molar-refractivity contribution in [3.8, 4) is 22.9 Å². The van der Waals surface area contributed by atoms with Crippen molar-refractivity contribution < 1.29 is 14.3 Å². The van der Waals surface area contributed by atoms with Crippen LogP contribution < -0.4 is 15.0 Å². The van der Waals surface area contributed by atoms with Gasteiger partial charge in [-0.25, -0.2) is 9.97 Å². The number of piperazine rings is 1. The monoisotopic (exact) mass is 610 g/mol. The standard InChI is InChI=1S/C31H36Cl2N6O3/c1-22(41)34-19-23-4-6-38(7-5-23)21-24-14-29(25-16-26(32)18-27(33)17-25)36-31(15-24)42-28-2-3-30(35-20-28)39-10-8-37(9-11-39)12-13-40/h2-3,13-18,20,23H,4-12,19,21H2,1H3,(H,34,41). The summed E-state index contributed by atoms with van der Waals surface area (Å²) in [6.07, 6.45) is 4.75. The van der Waals surface area contributed by atoms with E-state index in [9.17, 15) is 9.59 Å². The van der Waals surface area contributed by atoms with Crippen LogP contribution in [-0.2, 0) is 16.1 Å². The Hall–Kier alpha value is -3.24. The lowest BCUT2D eigenvalue weighted by Gasteiger charge is -2.34. The van der Waals surface area contributed by atoms with E-state index >= 15 is 0 Å². The maximum absolute atomic E-state index is 11.3. The number of likely N-dealkylation sites (tertiary alicyclic amines) is 1. The Kier molecular flexibility index (Phi) is 10.3. The number of anilines is 1. The fourth-order valence-corrected chi connectivity index (χ4v) is 5.98. The number of ether oxygens (including phenoxy) is 1. The Labute approximate surface area is 256 Å². The second kappa shape index (κ2) is 14.3. The lowest BCUT2D eigenvalue weighted by Crippen LogP contribution is -2.47. The Morgan fingerprint density at radius 2 is 1.74 bits per heavy atom. The zero-order valence-electron chi connectivity index (χ0n) is 23.8. The summed E-state index contributed by atoms with van der Waals surface area (Å²) in [4.78, 5) is 38.3. The number of hydrogen-bond acceptors (Lipinski definition) is 8. The van der Waals surface area contributed by atoms with Crippen molar-refractivity contribution in [1.29, 1.82) is 0 Å². The fraction of sp³-hybridized carbons (Fsp3) is 0.419. The Morgan fingerprint density at radius 3 is 2.38 bits per heavy atom. The van der Waals surface area contributed by atoms with Crippen LogP contribution in [0.3, 0.4) is 0 Å². The molecule has 42 heavy (non-hydrogen) atoms. The molecule has 4 heterocycles. The molecule has 0 aliphatic carbocycles. The summed E-state index contributed by atoms with van der Waals surface area (Å²) in [6.45, 7) is 8.73. The first-order valence-electron chi connectivity index (χ1n) is 14.3. The molecule has 11 heteroatoms. The van der Waals surface area contributed by atoms with Gasteiger partial charge in [-0.2, -0.15) is 0 Å².